The normalized spacial score (nSPS) is 13.3. The van der Waals surface area contributed by atoms with Crippen molar-refractivity contribution in [1.29, 1.82) is 0 Å². The molecule has 2 heterocycles. The molecule has 0 amide bonds. The van der Waals surface area contributed by atoms with E-state index in [0.29, 0.717) is 5.82 Å². The van der Waals surface area contributed by atoms with Gasteiger partial charge in [-0.1, -0.05) is 18.2 Å². The lowest BCUT2D eigenvalue weighted by atomic mass is 10.0. The van der Waals surface area contributed by atoms with Gasteiger partial charge >= 0.3 is 0 Å². The highest BCUT2D eigenvalue weighted by Crippen LogP contribution is 2.27. The molecule has 0 aliphatic rings. The average Bonchev–Trinajstić information content (AvgIpc) is 3.17. The zero-order chi connectivity index (χ0) is 17.1. The van der Waals surface area contributed by atoms with E-state index >= 15 is 0 Å². The number of aryl methyl sites for hydroxylation is 1. The van der Waals surface area contributed by atoms with E-state index in [1.165, 1.54) is 13.0 Å². The molecule has 0 saturated heterocycles. The second-order valence-electron chi connectivity index (χ2n) is 5.45. The lowest BCUT2D eigenvalue weighted by molar-refractivity contribution is 0.641. The SMILES string of the molecule is C\C=C/C(=C\C=C(/C)F)c1n[nH]c2ccc(-c3ncn(C)n3)cc12. The molecular weight excluding hydrogens is 305 g/mol. The molecule has 1 N–H and O–H groups in total. The van der Waals surface area contributed by atoms with Gasteiger partial charge in [-0.2, -0.15) is 10.2 Å². The highest BCUT2D eigenvalue weighted by atomic mass is 19.1. The minimum Gasteiger partial charge on any atom is -0.277 e. The van der Waals surface area contributed by atoms with E-state index in [2.05, 4.69) is 20.3 Å². The van der Waals surface area contributed by atoms with Gasteiger partial charge in [-0.25, -0.2) is 9.37 Å². The van der Waals surface area contributed by atoms with Gasteiger partial charge in [-0.15, -0.1) is 0 Å². The molecule has 0 aliphatic heterocycles. The maximum atomic E-state index is 13.1. The minimum absolute atomic E-state index is 0.254. The van der Waals surface area contributed by atoms with Crippen LogP contribution in [0.15, 0.2) is 54.7 Å². The fourth-order valence-corrected chi connectivity index (χ4v) is 2.44. The molecule has 6 heteroatoms. The lowest BCUT2D eigenvalue weighted by Gasteiger charge is -2.00. The third kappa shape index (κ3) is 3.17. The zero-order valence-electron chi connectivity index (χ0n) is 13.8. The molecule has 24 heavy (non-hydrogen) atoms. The van der Waals surface area contributed by atoms with Crippen LogP contribution in [0, 0.1) is 0 Å². The van der Waals surface area contributed by atoms with Gasteiger partial charge in [-0.3, -0.25) is 9.78 Å². The number of nitrogens with zero attached hydrogens (tertiary/aromatic N) is 4. The van der Waals surface area contributed by atoms with E-state index in [0.717, 1.165) is 27.7 Å². The number of halogens is 1. The van der Waals surface area contributed by atoms with E-state index in [1.807, 2.05) is 44.3 Å². The number of fused-ring (bicyclic) bond motifs is 1. The van der Waals surface area contributed by atoms with Crippen molar-refractivity contribution in [3.63, 3.8) is 0 Å². The fraction of sp³-hybridized carbons (Fsp3) is 0.167. The smallest absolute Gasteiger partial charge is 0.181 e. The number of allylic oxidation sites excluding steroid dienone is 6. The molecule has 0 radical (unpaired) electrons. The third-order valence-corrected chi connectivity index (χ3v) is 3.53. The Morgan fingerprint density at radius 1 is 1.29 bits per heavy atom. The van der Waals surface area contributed by atoms with Crippen molar-refractivity contribution in [1.82, 2.24) is 25.0 Å². The summed E-state index contributed by atoms with van der Waals surface area (Å²) in [6.07, 6.45) is 8.62. The fourth-order valence-electron chi connectivity index (χ4n) is 2.44. The Kier molecular flexibility index (Phi) is 4.37. The first-order valence-corrected chi connectivity index (χ1v) is 7.60. The molecule has 3 rings (SSSR count). The highest BCUT2D eigenvalue weighted by Gasteiger charge is 2.11. The van der Waals surface area contributed by atoms with Crippen LogP contribution in [-0.2, 0) is 7.05 Å². The molecule has 0 atom stereocenters. The van der Waals surface area contributed by atoms with Gasteiger partial charge in [-0.05, 0) is 38.1 Å². The largest absolute Gasteiger partial charge is 0.277 e. The predicted octanol–water partition coefficient (Wildman–Crippen LogP) is 4.19. The number of hydrogen-bond acceptors (Lipinski definition) is 3. The molecule has 1 aromatic carbocycles. The summed E-state index contributed by atoms with van der Waals surface area (Å²) in [6, 6.07) is 5.89. The van der Waals surface area contributed by atoms with Crippen molar-refractivity contribution >= 4 is 16.5 Å². The summed E-state index contributed by atoms with van der Waals surface area (Å²) < 4.78 is 14.8. The van der Waals surface area contributed by atoms with Crippen LogP contribution >= 0.6 is 0 Å². The molecule has 5 nitrogen and oxygen atoms in total. The summed E-state index contributed by atoms with van der Waals surface area (Å²) in [6.45, 7) is 3.33. The zero-order valence-corrected chi connectivity index (χ0v) is 13.8. The van der Waals surface area contributed by atoms with Crippen molar-refractivity contribution in [3.05, 3.63) is 60.4 Å². The summed E-state index contributed by atoms with van der Waals surface area (Å²) in [5.74, 6) is 0.401. The Morgan fingerprint density at radius 2 is 2.12 bits per heavy atom. The van der Waals surface area contributed by atoms with E-state index in [1.54, 1.807) is 17.1 Å². The topological polar surface area (TPSA) is 59.4 Å². The first-order chi connectivity index (χ1) is 11.6. The molecule has 0 spiro atoms. The van der Waals surface area contributed by atoms with Crippen LogP contribution in [-0.4, -0.2) is 25.0 Å². The van der Waals surface area contributed by atoms with Gasteiger partial charge < -0.3 is 0 Å². The number of H-pyrrole nitrogens is 1. The maximum Gasteiger partial charge on any atom is 0.181 e. The van der Waals surface area contributed by atoms with E-state index in [4.69, 9.17) is 0 Å². The molecular formula is C18H18FN5. The number of aromatic nitrogens is 5. The van der Waals surface area contributed by atoms with Crippen LogP contribution in [0.1, 0.15) is 19.5 Å². The predicted molar refractivity (Wildman–Crippen MR) is 93.7 cm³/mol. The maximum absolute atomic E-state index is 13.1. The summed E-state index contributed by atoms with van der Waals surface area (Å²) in [4.78, 5) is 4.28. The summed E-state index contributed by atoms with van der Waals surface area (Å²) in [5.41, 5.74) is 3.40. The van der Waals surface area contributed by atoms with Gasteiger partial charge in [0.15, 0.2) is 5.82 Å². The molecule has 0 aliphatic carbocycles. The Balaban J connectivity index is 2.14. The van der Waals surface area contributed by atoms with Crippen LogP contribution in [0.3, 0.4) is 0 Å². The lowest BCUT2D eigenvalue weighted by Crippen LogP contribution is -1.88. The summed E-state index contributed by atoms with van der Waals surface area (Å²) in [5, 5.41) is 12.7. The van der Waals surface area contributed by atoms with Gasteiger partial charge in [0, 0.05) is 23.6 Å². The highest BCUT2D eigenvalue weighted by molar-refractivity contribution is 5.95. The number of nitrogens with one attached hydrogen (secondary N) is 1. The van der Waals surface area contributed by atoms with Crippen molar-refractivity contribution in [2.75, 3.05) is 0 Å². The third-order valence-electron chi connectivity index (χ3n) is 3.53. The molecule has 0 saturated carbocycles. The molecule has 0 bridgehead atoms. The average molecular weight is 323 g/mol. The van der Waals surface area contributed by atoms with Crippen molar-refractivity contribution in [3.8, 4) is 11.4 Å². The quantitative estimate of drug-likeness (QED) is 0.732. The van der Waals surface area contributed by atoms with E-state index in [9.17, 15) is 4.39 Å². The first-order valence-electron chi connectivity index (χ1n) is 7.60. The number of aromatic amines is 1. The number of hydrogen-bond donors (Lipinski definition) is 1. The van der Waals surface area contributed by atoms with Gasteiger partial charge in [0.2, 0.25) is 0 Å². The second kappa shape index (κ2) is 6.62. The Morgan fingerprint density at radius 3 is 2.79 bits per heavy atom. The first kappa shape index (κ1) is 15.9. The molecule has 0 unspecified atom stereocenters. The van der Waals surface area contributed by atoms with Crippen LogP contribution in [0.4, 0.5) is 4.39 Å². The number of benzene rings is 1. The summed E-state index contributed by atoms with van der Waals surface area (Å²) >= 11 is 0. The molecule has 122 valence electrons. The summed E-state index contributed by atoms with van der Waals surface area (Å²) in [7, 11) is 1.83. The molecule has 2 aromatic heterocycles. The minimum atomic E-state index is -0.254. The van der Waals surface area contributed by atoms with Crippen LogP contribution in [0.25, 0.3) is 27.9 Å². The number of rotatable bonds is 4. The van der Waals surface area contributed by atoms with Crippen molar-refractivity contribution < 1.29 is 4.39 Å². The Hall–Kier alpha value is -3.02. The monoisotopic (exact) mass is 323 g/mol. The second-order valence-corrected chi connectivity index (χ2v) is 5.45. The Bertz CT molecular complexity index is 955. The van der Waals surface area contributed by atoms with Crippen LogP contribution in [0.5, 0.6) is 0 Å². The molecule has 3 aromatic rings. The van der Waals surface area contributed by atoms with Crippen molar-refractivity contribution in [2.24, 2.45) is 7.05 Å². The standard InChI is InChI=1S/C18H18FN5/c1-4-5-13(7-6-12(2)19)17-15-10-14(8-9-16(15)21-22-17)18-20-11-24(3)23-18/h4-11H,1-3H3,(H,21,22)/b5-4-,12-6+,13-7+. The van der Waals surface area contributed by atoms with Crippen LogP contribution < -0.4 is 0 Å². The Labute approximate surface area is 139 Å². The van der Waals surface area contributed by atoms with E-state index < -0.39 is 0 Å². The van der Waals surface area contributed by atoms with Gasteiger partial charge in [0.05, 0.1) is 17.0 Å². The molecule has 0 fully saturated rings. The van der Waals surface area contributed by atoms with Crippen LogP contribution in [0.2, 0.25) is 0 Å². The van der Waals surface area contributed by atoms with Gasteiger partial charge in [0.25, 0.3) is 0 Å². The van der Waals surface area contributed by atoms with Gasteiger partial charge in [0.1, 0.15) is 6.33 Å². The van der Waals surface area contributed by atoms with E-state index in [-0.39, 0.29) is 5.83 Å². The van der Waals surface area contributed by atoms with Crippen molar-refractivity contribution in [2.45, 2.75) is 13.8 Å².